The molecular formula is C19H33NO. The summed E-state index contributed by atoms with van der Waals surface area (Å²) in [5.41, 5.74) is 1.52. The first-order chi connectivity index (χ1) is 11.5. The van der Waals surface area contributed by atoms with Crippen molar-refractivity contribution in [3.8, 4) is 5.75 Å². The minimum absolute atomic E-state index is 0.0591. The van der Waals surface area contributed by atoms with Crippen molar-refractivity contribution >= 4 is 0 Å². The second-order valence-electron chi connectivity index (χ2n) is 7.08. The molecular weight excluding hydrogens is 258 g/mol. The molecule has 0 bridgehead atoms. The van der Waals surface area contributed by atoms with Crippen LogP contribution in [0.25, 0.3) is 0 Å². The van der Waals surface area contributed by atoms with Crippen LogP contribution >= 0.6 is 0 Å². The summed E-state index contributed by atoms with van der Waals surface area (Å²) in [5, 5.41) is 10.1. The number of phenolic OH excluding ortho intramolecular Hbond substituents is 1. The van der Waals surface area contributed by atoms with Gasteiger partial charge >= 0.3 is 0 Å². The van der Waals surface area contributed by atoms with Crippen molar-refractivity contribution in [3.63, 3.8) is 0 Å². The van der Waals surface area contributed by atoms with E-state index in [4.69, 9.17) is 6.85 Å². The van der Waals surface area contributed by atoms with Crippen LogP contribution in [-0.4, -0.2) is 29.5 Å². The molecule has 0 aromatic heterocycles. The van der Waals surface area contributed by atoms with Crippen LogP contribution in [0.4, 0.5) is 0 Å². The monoisotopic (exact) mass is 296 g/mol. The highest BCUT2D eigenvalue weighted by Gasteiger charge is 2.35. The number of benzene rings is 1. The van der Waals surface area contributed by atoms with Gasteiger partial charge < -0.3 is 10.0 Å². The molecule has 1 N–H and O–H groups in total. The second kappa shape index (κ2) is 6.83. The maximum atomic E-state index is 10.1. The summed E-state index contributed by atoms with van der Waals surface area (Å²) in [5.74, 6) is -0.00106. The van der Waals surface area contributed by atoms with Gasteiger partial charge in [0.25, 0.3) is 0 Å². The first-order valence-corrected chi connectivity index (χ1v) is 7.57. The van der Waals surface area contributed by atoms with E-state index < -0.39 is 19.5 Å². The third kappa shape index (κ3) is 4.23. The third-order valence-electron chi connectivity index (χ3n) is 4.46. The van der Waals surface area contributed by atoms with Crippen molar-refractivity contribution in [3.05, 3.63) is 29.3 Å². The number of aromatic hydroxyl groups is 1. The molecule has 2 heteroatoms. The molecule has 21 heavy (non-hydrogen) atoms. The highest BCUT2D eigenvalue weighted by Crippen LogP contribution is 2.43. The van der Waals surface area contributed by atoms with E-state index in [1.165, 1.54) is 6.92 Å². The first kappa shape index (κ1) is 11.5. The lowest BCUT2D eigenvalue weighted by Gasteiger charge is -2.41. The summed E-state index contributed by atoms with van der Waals surface area (Å²) in [4.78, 5) is 0.984. The summed E-state index contributed by atoms with van der Waals surface area (Å²) in [6.45, 7) is 8.58. The Bertz CT molecular complexity index is 602. The van der Waals surface area contributed by atoms with Crippen molar-refractivity contribution in [1.29, 1.82) is 0 Å². The number of aryl methyl sites for hydroxylation is 1. The normalized spacial score (nSPS) is 21.6. The molecule has 0 saturated heterocycles. The fourth-order valence-corrected chi connectivity index (χ4v) is 3.13. The Morgan fingerprint density at radius 3 is 2.38 bits per heavy atom. The van der Waals surface area contributed by atoms with Gasteiger partial charge in [0.15, 0.2) is 0 Å². The van der Waals surface area contributed by atoms with Crippen LogP contribution in [0.2, 0.25) is 0 Å². The van der Waals surface area contributed by atoms with E-state index in [0.717, 1.165) is 16.0 Å². The van der Waals surface area contributed by atoms with Gasteiger partial charge in [0.2, 0.25) is 0 Å². The Morgan fingerprint density at radius 2 is 1.95 bits per heavy atom. The summed E-state index contributed by atoms with van der Waals surface area (Å²) in [7, 11) is 0. The van der Waals surface area contributed by atoms with Gasteiger partial charge in [-0.2, -0.15) is 0 Å². The molecule has 0 amide bonds. The quantitative estimate of drug-likeness (QED) is 0.843. The van der Waals surface area contributed by atoms with Crippen LogP contribution in [0, 0.1) is 18.3 Å². The Balaban J connectivity index is 3.40. The lowest BCUT2D eigenvalue weighted by atomic mass is 9.68. The highest BCUT2D eigenvalue weighted by molar-refractivity contribution is 5.37. The summed E-state index contributed by atoms with van der Waals surface area (Å²) in [6.07, 6.45) is 0. The van der Waals surface area contributed by atoms with Crippen LogP contribution in [0.3, 0.4) is 0 Å². The Hall–Kier alpha value is -1.02. The van der Waals surface area contributed by atoms with Gasteiger partial charge in [0.1, 0.15) is 5.75 Å². The molecule has 1 aromatic rings. The molecule has 1 rings (SSSR count). The number of phenols is 1. The number of rotatable bonds is 5. The average Bonchev–Trinajstić information content (AvgIpc) is 2.37. The number of hydrogen-bond acceptors (Lipinski definition) is 2. The van der Waals surface area contributed by atoms with E-state index in [9.17, 15) is 5.11 Å². The zero-order chi connectivity index (χ0) is 20.7. The molecule has 1 unspecified atom stereocenters. The van der Waals surface area contributed by atoms with Gasteiger partial charge in [0.05, 0.1) is 0 Å². The summed E-state index contributed by atoms with van der Waals surface area (Å²) >= 11 is 0. The summed E-state index contributed by atoms with van der Waals surface area (Å²) in [6, 6.07) is 5.04. The molecule has 0 saturated carbocycles. The van der Waals surface area contributed by atoms with Crippen molar-refractivity contribution < 1.29 is 12.0 Å². The van der Waals surface area contributed by atoms with Crippen LogP contribution < -0.4 is 0 Å². The van der Waals surface area contributed by atoms with Crippen LogP contribution in [-0.2, 0) is 0 Å². The van der Waals surface area contributed by atoms with Crippen LogP contribution in [0.1, 0.15) is 65.4 Å². The maximum Gasteiger partial charge on any atom is 0.118 e. The van der Waals surface area contributed by atoms with Gasteiger partial charge in [-0.15, -0.1) is 0 Å². The van der Waals surface area contributed by atoms with E-state index in [-0.39, 0.29) is 23.0 Å². The van der Waals surface area contributed by atoms with Crippen molar-refractivity contribution in [2.24, 2.45) is 11.3 Å². The van der Waals surface area contributed by atoms with Gasteiger partial charge in [-0.05, 0) is 61.8 Å². The minimum atomic E-state index is -2.54. The Kier molecular flexibility index (Phi) is 3.75. The highest BCUT2D eigenvalue weighted by atomic mass is 16.3. The van der Waals surface area contributed by atoms with E-state index in [0.29, 0.717) is 0 Å². The minimum Gasteiger partial charge on any atom is -0.508 e. The van der Waals surface area contributed by atoms with E-state index in [1.807, 2.05) is 26.0 Å². The molecule has 0 aliphatic rings. The van der Waals surface area contributed by atoms with Gasteiger partial charge in [0, 0.05) is 12.9 Å². The number of hydrogen-bond donors (Lipinski definition) is 1. The van der Waals surface area contributed by atoms with Crippen molar-refractivity contribution in [2.75, 3.05) is 13.5 Å². The first-order valence-electron chi connectivity index (χ1n) is 10.1. The largest absolute Gasteiger partial charge is 0.508 e. The van der Waals surface area contributed by atoms with Gasteiger partial charge in [-0.1, -0.05) is 46.8 Å². The second-order valence-corrected chi connectivity index (χ2v) is 7.08. The molecule has 0 heterocycles. The fraction of sp³-hybridized carbons (Fsp3) is 0.684. The Labute approximate surface area is 138 Å². The summed E-state index contributed by atoms with van der Waals surface area (Å²) < 4.78 is 39.5. The van der Waals surface area contributed by atoms with Crippen LogP contribution in [0.15, 0.2) is 18.2 Å². The molecule has 0 aliphatic heterocycles. The van der Waals surface area contributed by atoms with E-state index in [1.54, 1.807) is 13.0 Å². The molecule has 0 spiro atoms. The number of nitrogens with zero attached hydrogens (tertiary/aromatic N) is 1. The molecule has 0 fully saturated rings. The van der Waals surface area contributed by atoms with E-state index in [2.05, 4.69) is 20.8 Å². The molecule has 0 radical (unpaired) electrons. The standard InChI is InChI=1S/C19H33NO/c1-9-20(8)15(4)14(3)18(19(5,6)7)16-11-10-13(2)17(21)12-16/h10-12,14-15,18,21H,9H2,1-8H3/t14-,15?,18+/m0/s1/i8D3,9D2. The van der Waals surface area contributed by atoms with Gasteiger partial charge in [-0.3, -0.25) is 0 Å². The molecule has 2 nitrogen and oxygen atoms in total. The maximum absolute atomic E-state index is 10.1. The zero-order valence-corrected chi connectivity index (χ0v) is 14.4. The predicted molar refractivity (Wildman–Crippen MR) is 92.0 cm³/mol. The fourth-order valence-electron chi connectivity index (χ4n) is 3.13. The smallest absolute Gasteiger partial charge is 0.118 e. The Morgan fingerprint density at radius 1 is 1.33 bits per heavy atom. The topological polar surface area (TPSA) is 23.5 Å². The van der Waals surface area contributed by atoms with Crippen molar-refractivity contribution in [1.82, 2.24) is 4.90 Å². The van der Waals surface area contributed by atoms with Crippen molar-refractivity contribution in [2.45, 2.75) is 60.4 Å². The SMILES string of the molecule is [2H]C([2H])([2H])N(C(C)[C@H](C)[C@H](c1ccc(C)c(O)c1)C(C)(C)C)C([2H])([2H])C. The predicted octanol–water partition coefficient (Wildman–Crippen LogP) is 4.81. The molecule has 3 atom stereocenters. The molecule has 1 aromatic carbocycles. The van der Waals surface area contributed by atoms with Gasteiger partial charge in [-0.25, -0.2) is 0 Å². The average molecular weight is 297 g/mol. The lowest BCUT2D eigenvalue weighted by Crippen LogP contribution is -2.40. The third-order valence-corrected chi connectivity index (χ3v) is 4.46. The van der Waals surface area contributed by atoms with E-state index >= 15 is 0 Å². The molecule has 120 valence electrons. The lowest BCUT2D eigenvalue weighted by molar-refractivity contribution is 0.139. The molecule has 0 aliphatic carbocycles. The van der Waals surface area contributed by atoms with Crippen LogP contribution in [0.5, 0.6) is 5.75 Å². The zero-order valence-electron chi connectivity index (χ0n) is 19.4.